The highest BCUT2D eigenvalue weighted by molar-refractivity contribution is 6.76. The largest absolute Gasteiger partial charge is 0.496 e. The predicted molar refractivity (Wildman–Crippen MR) is 156 cm³/mol. The van der Waals surface area contributed by atoms with E-state index in [4.69, 9.17) is 19.2 Å². The summed E-state index contributed by atoms with van der Waals surface area (Å²) in [5.41, 5.74) is 4.20. The minimum atomic E-state index is -1.23. The van der Waals surface area contributed by atoms with E-state index in [0.29, 0.717) is 25.3 Å². The maximum Gasteiger partial charge on any atom is 0.419 e. The van der Waals surface area contributed by atoms with E-state index >= 15 is 0 Å². The number of aryl methyl sites for hydroxylation is 1. The van der Waals surface area contributed by atoms with Crippen LogP contribution in [-0.4, -0.2) is 47.6 Å². The highest BCUT2D eigenvalue weighted by Gasteiger charge is 2.23. The molecule has 0 saturated carbocycles. The zero-order valence-electron chi connectivity index (χ0n) is 24.2. The van der Waals surface area contributed by atoms with Gasteiger partial charge in [0.2, 0.25) is 0 Å². The fraction of sp³-hybridized carbons (Fsp3) is 0.433. The zero-order valence-corrected chi connectivity index (χ0v) is 25.2. The van der Waals surface area contributed by atoms with Gasteiger partial charge in [0, 0.05) is 38.2 Å². The lowest BCUT2D eigenvalue weighted by Gasteiger charge is -2.20. The van der Waals surface area contributed by atoms with Gasteiger partial charge in [-0.3, -0.25) is 4.57 Å². The van der Waals surface area contributed by atoms with E-state index in [0.717, 1.165) is 50.7 Å². The molecule has 0 bridgehead atoms. The van der Waals surface area contributed by atoms with Gasteiger partial charge in [-0.2, -0.15) is 5.26 Å². The minimum Gasteiger partial charge on any atom is -0.496 e. The fourth-order valence-electron chi connectivity index (χ4n) is 4.61. The summed E-state index contributed by atoms with van der Waals surface area (Å²) >= 11 is 0. The van der Waals surface area contributed by atoms with Crippen molar-refractivity contribution < 1.29 is 19.0 Å². The lowest BCUT2D eigenvalue weighted by molar-refractivity contribution is 0.0544. The van der Waals surface area contributed by atoms with Gasteiger partial charge < -0.3 is 18.8 Å². The van der Waals surface area contributed by atoms with Gasteiger partial charge in [0.1, 0.15) is 23.9 Å². The molecule has 0 fully saturated rings. The number of carbonyl (C=O) groups is 1. The van der Waals surface area contributed by atoms with Crippen LogP contribution in [0.3, 0.4) is 0 Å². The van der Waals surface area contributed by atoms with Gasteiger partial charge in [0.15, 0.2) is 0 Å². The van der Waals surface area contributed by atoms with Crippen molar-refractivity contribution in [2.24, 2.45) is 0 Å². The number of aromatic nitrogens is 3. The molecule has 0 spiro atoms. The third-order valence-electron chi connectivity index (χ3n) is 6.55. The molecule has 0 aliphatic carbocycles. The molecule has 2 aromatic heterocycles. The van der Waals surface area contributed by atoms with E-state index in [1.165, 1.54) is 0 Å². The third-order valence-corrected chi connectivity index (χ3v) is 8.25. The van der Waals surface area contributed by atoms with Crippen LogP contribution in [0.4, 0.5) is 4.79 Å². The minimum absolute atomic E-state index is 0.360. The van der Waals surface area contributed by atoms with Crippen LogP contribution in [0.1, 0.15) is 43.3 Å². The number of imidazole rings is 1. The van der Waals surface area contributed by atoms with Crippen molar-refractivity contribution in [1.82, 2.24) is 14.1 Å². The van der Waals surface area contributed by atoms with E-state index in [1.54, 1.807) is 30.0 Å². The Morgan fingerprint density at radius 3 is 2.54 bits per heavy atom. The van der Waals surface area contributed by atoms with Crippen LogP contribution in [0.5, 0.6) is 5.75 Å². The molecule has 206 valence electrons. The van der Waals surface area contributed by atoms with Crippen LogP contribution in [0.2, 0.25) is 25.7 Å². The Morgan fingerprint density at radius 2 is 1.90 bits per heavy atom. The highest BCUT2D eigenvalue weighted by atomic mass is 28.3. The quantitative estimate of drug-likeness (QED) is 0.177. The molecule has 39 heavy (non-hydrogen) atoms. The van der Waals surface area contributed by atoms with E-state index in [-0.39, 0.29) is 0 Å². The standard InChI is InChI=1S/C30H38N4O4Si/c1-20-15-26(36-5)23(22-11-12-33(28(20)22)29(35)38-30(2,3)4)17-27-32-24-16-21(18-31)9-10-25(24)34(27)19-37-13-14-39(6,7)8/h9-12,15-16H,13-14,17,19H2,1-8H3. The fourth-order valence-corrected chi connectivity index (χ4v) is 5.37. The van der Waals surface area contributed by atoms with Gasteiger partial charge in [-0.15, -0.1) is 0 Å². The molecule has 0 N–H and O–H groups in total. The molecule has 4 rings (SSSR count). The van der Waals surface area contributed by atoms with Gasteiger partial charge in [-0.05, 0) is 69.6 Å². The summed E-state index contributed by atoms with van der Waals surface area (Å²) in [6, 6.07) is 12.7. The molecule has 0 amide bonds. The summed E-state index contributed by atoms with van der Waals surface area (Å²) in [7, 11) is 0.416. The monoisotopic (exact) mass is 546 g/mol. The van der Waals surface area contributed by atoms with Gasteiger partial charge >= 0.3 is 6.09 Å². The number of fused-ring (bicyclic) bond motifs is 2. The molecule has 0 saturated heterocycles. The van der Waals surface area contributed by atoms with Crippen LogP contribution in [0, 0.1) is 18.3 Å². The van der Waals surface area contributed by atoms with Crippen molar-refractivity contribution in [3.8, 4) is 11.8 Å². The van der Waals surface area contributed by atoms with Gasteiger partial charge in [-0.25, -0.2) is 9.78 Å². The Kier molecular flexibility index (Phi) is 7.91. The maximum absolute atomic E-state index is 13.0. The lowest BCUT2D eigenvalue weighted by Crippen LogP contribution is -2.26. The molecule has 0 aliphatic heterocycles. The van der Waals surface area contributed by atoms with Gasteiger partial charge in [0.05, 0.1) is 35.3 Å². The maximum atomic E-state index is 13.0. The SMILES string of the molecule is COc1cc(C)c2c(ccn2C(=O)OC(C)(C)C)c1Cc1nc2cc(C#N)ccc2n1COCC[Si](C)(C)C. The molecule has 2 aromatic carbocycles. The van der Waals surface area contributed by atoms with Gasteiger partial charge in [-0.1, -0.05) is 19.6 Å². The molecule has 0 radical (unpaired) electrons. The predicted octanol–water partition coefficient (Wildman–Crippen LogP) is 6.87. The van der Waals surface area contributed by atoms with Gasteiger partial charge in [0.25, 0.3) is 0 Å². The van der Waals surface area contributed by atoms with Crippen molar-refractivity contribution in [2.75, 3.05) is 13.7 Å². The van der Waals surface area contributed by atoms with E-state index < -0.39 is 19.8 Å². The van der Waals surface area contributed by atoms with Crippen molar-refractivity contribution >= 4 is 36.1 Å². The van der Waals surface area contributed by atoms with Crippen LogP contribution in [0.25, 0.3) is 21.9 Å². The molecule has 9 heteroatoms. The molecular weight excluding hydrogens is 508 g/mol. The second kappa shape index (κ2) is 10.9. The highest BCUT2D eigenvalue weighted by Crippen LogP contribution is 2.34. The number of methoxy groups -OCH3 is 1. The Balaban J connectivity index is 1.79. The second-order valence-corrected chi connectivity index (χ2v) is 17.7. The molecule has 0 atom stereocenters. The summed E-state index contributed by atoms with van der Waals surface area (Å²) in [5.74, 6) is 1.51. The molecule has 8 nitrogen and oxygen atoms in total. The first-order valence-electron chi connectivity index (χ1n) is 13.2. The number of benzene rings is 2. The first-order valence-corrected chi connectivity index (χ1v) is 16.9. The van der Waals surface area contributed by atoms with Crippen LogP contribution in [-0.2, 0) is 22.6 Å². The summed E-state index contributed by atoms with van der Waals surface area (Å²) in [4.78, 5) is 17.9. The third kappa shape index (κ3) is 6.35. The average Bonchev–Trinajstić information content (AvgIpc) is 3.43. The number of carbonyl (C=O) groups excluding carboxylic acids is 1. The number of nitriles is 1. The Hall–Kier alpha value is -3.61. The smallest absolute Gasteiger partial charge is 0.419 e. The molecular formula is C30H38N4O4Si. The first-order chi connectivity index (χ1) is 18.3. The van der Waals surface area contributed by atoms with E-state index in [1.807, 2.05) is 45.9 Å². The first kappa shape index (κ1) is 28.4. The number of rotatable bonds is 8. The number of hydrogen-bond acceptors (Lipinski definition) is 6. The van der Waals surface area contributed by atoms with E-state index in [9.17, 15) is 10.1 Å². The number of nitrogens with zero attached hydrogens (tertiary/aromatic N) is 4. The topological polar surface area (TPSA) is 91.3 Å². The molecule has 2 heterocycles. The Bertz CT molecular complexity index is 1560. The summed E-state index contributed by atoms with van der Waals surface area (Å²) in [6.07, 6.45) is 1.77. The summed E-state index contributed by atoms with van der Waals surface area (Å²) in [6.45, 7) is 15.5. The lowest BCUT2D eigenvalue weighted by atomic mass is 10.0. The Labute approximate surface area is 231 Å². The van der Waals surface area contributed by atoms with Crippen molar-refractivity contribution in [3.05, 3.63) is 59.0 Å². The van der Waals surface area contributed by atoms with E-state index in [2.05, 4.69) is 30.3 Å². The number of hydrogen-bond donors (Lipinski definition) is 0. The van der Waals surface area contributed by atoms with Crippen molar-refractivity contribution in [2.45, 2.75) is 72.1 Å². The van der Waals surface area contributed by atoms with Crippen LogP contribution < -0.4 is 4.74 Å². The zero-order chi connectivity index (χ0) is 28.5. The summed E-state index contributed by atoms with van der Waals surface area (Å²) < 4.78 is 21.2. The van der Waals surface area contributed by atoms with Crippen LogP contribution in [0.15, 0.2) is 36.5 Å². The average molecular weight is 547 g/mol. The molecule has 0 unspecified atom stereocenters. The van der Waals surface area contributed by atoms with Crippen molar-refractivity contribution in [3.63, 3.8) is 0 Å². The molecule has 0 aliphatic rings. The van der Waals surface area contributed by atoms with Crippen LogP contribution >= 0.6 is 0 Å². The number of ether oxygens (including phenoxy) is 3. The Morgan fingerprint density at radius 1 is 1.15 bits per heavy atom. The summed E-state index contributed by atoms with van der Waals surface area (Å²) in [5, 5.41) is 10.3. The normalized spacial score (nSPS) is 12.2. The van der Waals surface area contributed by atoms with Crippen molar-refractivity contribution in [1.29, 1.82) is 5.26 Å². The molecule has 4 aromatic rings. The second-order valence-electron chi connectivity index (χ2n) is 12.1.